The number of hydrogen-bond acceptors (Lipinski definition) is 6. The van der Waals surface area contributed by atoms with Crippen LogP contribution >= 0.6 is 0 Å². The molecular formula is C23H25N3O6. The highest BCUT2D eigenvalue weighted by Crippen LogP contribution is 2.27. The Bertz CT molecular complexity index is 1020. The molecule has 3 rings (SSSR count). The quantitative estimate of drug-likeness (QED) is 0.483. The number of urea groups is 1. The van der Waals surface area contributed by atoms with E-state index in [-0.39, 0.29) is 0 Å². The lowest BCUT2D eigenvalue weighted by molar-refractivity contribution is -0.156. The molecule has 2 aromatic carbocycles. The first-order chi connectivity index (χ1) is 15.2. The van der Waals surface area contributed by atoms with Crippen LogP contribution in [0.4, 0.5) is 10.5 Å². The second-order valence-corrected chi connectivity index (χ2v) is 7.65. The minimum Gasteiger partial charge on any atom is -0.492 e. The van der Waals surface area contributed by atoms with E-state index in [1.807, 2.05) is 6.92 Å². The predicted octanol–water partition coefficient (Wildman–Crippen LogP) is 2.64. The van der Waals surface area contributed by atoms with Gasteiger partial charge in [-0.1, -0.05) is 42.5 Å². The van der Waals surface area contributed by atoms with Crippen molar-refractivity contribution in [1.82, 2.24) is 10.2 Å². The van der Waals surface area contributed by atoms with E-state index in [2.05, 4.69) is 10.6 Å². The van der Waals surface area contributed by atoms with E-state index in [0.29, 0.717) is 23.6 Å². The number of benzene rings is 2. The van der Waals surface area contributed by atoms with Crippen LogP contribution in [0.15, 0.2) is 54.6 Å². The molecule has 168 valence electrons. The maximum Gasteiger partial charge on any atom is 0.327 e. The number of carbonyl (C=O) groups excluding carboxylic acids is 4. The average Bonchev–Trinajstić information content (AvgIpc) is 2.95. The van der Waals surface area contributed by atoms with Crippen LogP contribution in [0.3, 0.4) is 0 Å². The van der Waals surface area contributed by atoms with E-state index in [1.165, 1.54) is 13.8 Å². The topological polar surface area (TPSA) is 114 Å². The molecule has 1 unspecified atom stereocenters. The molecule has 2 N–H and O–H groups in total. The Morgan fingerprint density at radius 2 is 1.72 bits per heavy atom. The van der Waals surface area contributed by atoms with Gasteiger partial charge in [-0.05, 0) is 32.9 Å². The standard InChI is InChI=1S/C23H25N3O6/c1-4-31-17-13-9-8-12-16(17)24-20(28)19(15-10-6-5-7-11-15)32-18(27)14-26-21(29)23(2,3)25-22(26)30/h5-13,19H,4,14H2,1-3H3,(H,24,28)(H,25,30). The van der Waals surface area contributed by atoms with Crippen LogP contribution in [0.25, 0.3) is 0 Å². The molecule has 0 spiro atoms. The number of rotatable bonds is 8. The van der Waals surface area contributed by atoms with Gasteiger partial charge in [0, 0.05) is 5.56 Å². The summed E-state index contributed by atoms with van der Waals surface area (Å²) in [6.07, 6.45) is -1.30. The van der Waals surface area contributed by atoms with E-state index in [4.69, 9.17) is 9.47 Å². The molecule has 1 heterocycles. The van der Waals surface area contributed by atoms with Crippen molar-refractivity contribution in [1.29, 1.82) is 0 Å². The zero-order valence-electron chi connectivity index (χ0n) is 18.1. The average molecular weight is 439 g/mol. The number of anilines is 1. The predicted molar refractivity (Wildman–Crippen MR) is 116 cm³/mol. The number of carbonyl (C=O) groups is 4. The van der Waals surface area contributed by atoms with Crippen molar-refractivity contribution in [2.45, 2.75) is 32.4 Å². The molecule has 32 heavy (non-hydrogen) atoms. The minimum atomic E-state index is -1.30. The lowest BCUT2D eigenvalue weighted by atomic mass is 10.1. The summed E-state index contributed by atoms with van der Waals surface area (Å²) in [5.41, 5.74) is -0.256. The molecule has 1 fully saturated rings. The monoisotopic (exact) mass is 439 g/mol. The third kappa shape index (κ3) is 5.05. The summed E-state index contributed by atoms with van der Waals surface area (Å²) in [4.78, 5) is 50.9. The van der Waals surface area contributed by atoms with E-state index in [1.54, 1.807) is 54.6 Å². The van der Waals surface area contributed by atoms with Crippen LogP contribution in [0, 0.1) is 0 Å². The number of nitrogens with one attached hydrogen (secondary N) is 2. The molecule has 0 aromatic heterocycles. The summed E-state index contributed by atoms with van der Waals surface area (Å²) in [5, 5.41) is 5.22. The first-order valence-corrected chi connectivity index (χ1v) is 10.1. The number of ether oxygens (including phenoxy) is 2. The van der Waals surface area contributed by atoms with Gasteiger partial charge >= 0.3 is 12.0 Å². The molecule has 1 saturated heterocycles. The minimum absolute atomic E-state index is 0.409. The lowest BCUT2D eigenvalue weighted by Gasteiger charge is -2.21. The van der Waals surface area contributed by atoms with Crippen molar-refractivity contribution in [3.63, 3.8) is 0 Å². The van der Waals surface area contributed by atoms with Gasteiger partial charge in [0.15, 0.2) is 0 Å². The van der Waals surface area contributed by atoms with Gasteiger partial charge in [-0.15, -0.1) is 0 Å². The van der Waals surface area contributed by atoms with Crippen LogP contribution in [0.2, 0.25) is 0 Å². The molecular weight excluding hydrogens is 414 g/mol. The van der Waals surface area contributed by atoms with Gasteiger partial charge in [0.25, 0.3) is 11.8 Å². The smallest absolute Gasteiger partial charge is 0.327 e. The van der Waals surface area contributed by atoms with Gasteiger partial charge in [-0.2, -0.15) is 0 Å². The van der Waals surface area contributed by atoms with Crippen LogP contribution in [0.1, 0.15) is 32.4 Å². The van der Waals surface area contributed by atoms with E-state index < -0.39 is 42.0 Å². The molecule has 4 amide bonds. The normalized spacial score (nSPS) is 15.7. The van der Waals surface area contributed by atoms with Crippen molar-refractivity contribution in [3.05, 3.63) is 60.2 Å². The highest BCUT2D eigenvalue weighted by atomic mass is 16.5. The summed E-state index contributed by atoms with van der Waals surface area (Å²) in [6.45, 7) is 4.69. The third-order valence-electron chi connectivity index (χ3n) is 4.77. The van der Waals surface area contributed by atoms with E-state index in [9.17, 15) is 19.2 Å². The second kappa shape index (κ2) is 9.51. The number of para-hydroxylation sites is 2. The Balaban J connectivity index is 1.78. The first kappa shape index (κ1) is 22.8. The van der Waals surface area contributed by atoms with Crippen molar-refractivity contribution >= 4 is 29.5 Å². The molecule has 0 aliphatic carbocycles. The largest absolute Gasteiger partial charge is 0.492 e. The number of hydrogen-bond donors (Lipinski definition) is 2. The van der Waals surface area contributed by atoms with Crippen molar-refractivity contribution in [3.8, 4) is 5.75 Å². The van der Waals surface area contributed by atoms with Gasteiger partial charge < -0.3 is 20.1 Å². The van der Waals surface area contributed by atoms with Gasteiger partial charge in [0.1, 0.15) is 17.8 Å². The fraction of sp³-hybridized carbons (Fsp3) is 0.304. The van der Waals surface area contributed by atoms with E-state index >= 15 is 0 Å². The van der Waals surface area contributed by atoms with Gasteiger partial charge in [0.05, 0.1) is 12.3 Å². The third-order valence-corrected chi connectivity index (χ3v) is 4.77. The maximum absolute atomic E-state index is 13.1. The summed E-state index contributed by atoms with van der Waals surface area (Å²) in [5.74, 6) is -1.57. The molecule has 0 radical (unpaired) electrons. The number of amides is 4. The Morgan fingerprint density at radius 3 is 2.34 bits per heavy atom. The van der Waals surface area contributed by atoms with Crippen molar-refractivity contribution < 1.29 is 28.7 Å². The van der Waals surface area contributed by atoms with Gasteiger partial charge in [-0.25, -0.2) is 4.79 Å². The maximum atomic E-state index is 13.1. The Labute approximate surface area is 185 Å². The Hall–Kier alpha value is -3.88. The zero-order chi connectivity index (χ0) is 23.3. The summed E-state index contributed by atoms with van der Waals surface area (Å²) in [6, 6.07) is 14.7. The Kier molecular flexibility index (Phi) is 6.77. The highest BCUT2D eigenvalue weighted by molar-refractivity contribution is 6.08. The fourth-order valence-electron chi connectivity index (χ4n) is 3.21. The molecule has 9 nitrogen and oxygen atoms in total. The molecule has 1 aliphatic heterocycles. The van der Waals surface area contributed by atoms with Gasteiger partial charge in [-0.3, -0.25) is 19.3 Å². The molecule has 2 aromatic rings. The molecule has 1 aliphatic rings. The molecule has 9 heteroatoms. The van der Waals surface area contributed by atoms with Crippen LogP contribution in [0.5, 0.6) is 5.75 Å². The summed E-state index contributed by atoms with van der Waals surface area (Å²) >= 11 is 0. The van der Waals surface area contributed by atoms with Crippen LogP contribution < -0.4 is 15.4 Å². The first-order valence-electron chi connectivity index (χ1n) is 10.1. The Morgan fingerprint density at radius 1 is 1.06 bits per heavy atom. The number of imide groups is 1. The van der Waals surface area contributed by atoms with Crippen molar-refractivity contribution in [2.75, 3.05) is 18.5 Å². The molecule has 1 atom stereocenters. The molecule has 0 saturated carbocycles. The summed E-state index contributed by atoms with van der Waals surface area (Å²) < 4.78 is 11.0. The number of nitrogens with zero attached hydrogens (tertiary/aromatic N) is 1. The SMILES string of the molecule is CCOc1ccccc1NC(=O)C(OC(=O)CN1C(=O)NC(C)(C)C1=O)c1ccccc1. The van der Waals surface area contributed by atoms with Crippen LogP contribution in [-0.2, 0) is 19.1 Å². The molecule has 0 bridgehead atoms. The van der Waals surface area contributed by atoms with E-state index in [0.717, 1.165) is 4.90 Å². The van der Waals surface area contributed by atoms with Crippen molar-refractivity contribution in [2.24, 2.45) is 0 Å². The van der Waals surface area contributed by atoms with Crippen LogP contribution in [-0.4, -0.2) is 47.4 Å². The van der Waals surface area contributed by atoms with Gasteiger partial charge in [0.2, 0.25) is 6.10 Å². The zero-order valence-corrected chi connectivity index (χ0v) is 18.1. The lowest BCUT2D eigenvalue weighted by Crippen LogP contribution is -2.41. The highest BCUT2D eigenvalue weighted by Gasteiger charge is 2.45. The number of esters is 1. The second-order valence-electron chi connectivity index (χ2n) is 7.65. The summed E-state index contributed by atoms with van der Waals surface area (Å²) in [7, 11) is 0. The fourth-order valence-corrected chi connectivity index (χ4v) is 3.21.